The third-order valence-corrected chi connectivity index (χ3v) is 3.46. The molecule has 0 fully saturated rings. The summed E-state index contributed by atoms with van der Waals surface area (Å²) in [4.78, 5) is 7.70. The zero-order valence-corrected chi connectivity index (χ0v) is 11.1. The predicted molar refractivity (Wildman–Crippen MR) is 76.6 cm³/mol. The molecule has 0 aliphatic carbocycles. The molecule has 2 heterocycles. The van der Waals surface area contributed by atoms with Gasteiger partial charge in [-0.05, 0) is 36.8 Å². The summed E-state index contributed by atoms with van der Waals surface area (Å²) in [7, 11) is 1.71. The lowest BCUT2D eigenvalue weighted by molar-refractivity contribution is 0.412. The lowest BCUT2D eigenvalue weighted by atomic mass is 10.0. The molecule has 3 nitrogen and oxygen atoms in total. The van der Waals surface area contributed by atoms with Gasteiger partial charge in [-0.3, -0.25) is 4.98 Å². The van der Waals surface area contributed by atoms with Crippen molar-refractivity contribution in [3.05, 3.63) is 59.5 Å². The van der Waals surface area contributed by atoms with Gasteiger partial charge in [0.2, 0.25) is 0 Å². The van der Waals surface area contributed by atoms with Crippen molar-refractivity contribution < 1.29 is 4.74 Å². The molecule has 3 rings (SSSR count). The van der Waals surface area contributed by atoms with Crippen LogP contribution < -0.4 is 4.74 Å². The van der Waals surface area contributed by atoms with E-state index in [0.29, 0.717) is 0 Å². The number of H-pyrrole nitrogens is 1. The van der Waals surface area contributed by atoms with E-state index in [2.05, 4.69) is 29.2 Å². The Morgan fingerprint density at radius 1 is 1.21 bits per heavy atom. The first-order valence-corrected chi connectivity index (χ1v) is 6.33. The van der Waals surface area contributed by atoms with E-state index in [1.165, 1.54) is 16.5 Å². The smallest absolute Gasteiger partial charge is 0.122 e. The highest BCUT2D eigenvalue weighted by Crippen LogP contribution is 2.30. The average molecular weight is 252 g/mol. The Labute approximate surface area is 112 Å². The Bertz CT molecular complexity index is 701. The van der Waals surface area contributed by atoms with E-state index in [1.807, 2.05) is 30.5 Å². The zero-order valence-electron chi connectivity index (χ0n) is 11.1. The summed E-state index contributed by atoms with van der Waals surface area (Å²) < 4.78 is 5.40. The van der Waals surface area contributed by atoms with Crippen LogP contribution in [0, 0.1) is 6.92 Å². The second-order valence-corrected chi connectivity index (χ2v) is 4.63. The van der Waals surface area contributed by atoms with Crippen molar-refractivity contribution in [3.8, 4) is 5.75 Å². The summed E-state index contributed by atoms with van der Waals surface area (Å²) in [6.07, 6.45) is 4.72. The van der Waals surface area contributed by atoms with Crippen LogP contribution >= 0.6 is 0 Å². The highest BCUT2D eigenvalue weighted by atomic mass is 16.5. The minimum absolute atomic E-state index is 0.828. The van der Waals surface area contributed by atoms with Crippen LogP contribution in [-0.4, -0.2) is 17.1 Å². The maximum atomic E-state index is 5.40. The van der Waals surface area contributed by atoms with Crippen molar-refractivity contribution in [1.82, 2.24) is 9.97 Å². The second-order valence-electron chi connectivity index (χ2n) is 4.63. The monoisotopic (exact) mass is 252 g/mol. The van der Waals surface area contributed by atoms with E-state index >= 15 is 0 Å². The molecule has 0 saturated heterocycles. The molecule has 0 unspecified atom stereocenters. The summed E-state index contributed by atoms with van der Waals surface area (Å²) in [5.41, 5.74) is 4.65. The van der Waals surface area contributed by atoms with Gasteiger partial charge >= 0.3 is 0 Å². The van der Waals surface area contributed by atoms with Gasteiger partial charge in [0, 0.05) is 41.0 Å². The second kappa shape index (κ2) is 4.76. The molecular weight excluding hydrogens is 236 g/mol. The highest BCUT2D eigenvalue weighted by molar-refractivity contribution is 5.88. The van der Waals surface area contributed by atoms with Gasteiger partial charge in [0.25, 0.3) is 0 Å². The molecule has 0 spiro atoms. The molecule has 96 valence electrons. The minimum Gasteiger partial charge on any atom is -0.496 e. The normalized spacial score (nSPS) is 10.8. The fourth-order valence-corrected chi connectivity index (χ4v) is 2.52. The molecule has 1 aromatic carbocycles. The standard InChI is InChI=1S/C16H16N2O/c1-11-15(19-2)7-6-14-16(11)12(10-18-14)9-13-5-3-4-8-17-13/h3-8,10,18H,9H2,1-2H3. The fourth-order valence-electron chi connectivity index (χ4n) is 2.52. The van der Waals surface area contributed by atoms with E-state index in [4.69, 9.17) is 4.74 Å². The lowest BCUT2D eigenvalue weighted by Crippen LogP contribution is -1.92. The van der Waals surface area contributed by atoms with Crippen molar-refractivity contribution in [2.24, 2.45) is 0 Å². The molecule has 0 amide bonds. The van der Waals surface area contributed by atoms with E-state index < -0.39 is 0 Å². The molecule has 19 heavy (non-hydrogen) atoms. The number of rotatable bonds is 3. The summed E-state index contributed by atoms with van der Waals surface area (Å²) >= 11 is 0. The highest BCUT2D eigenvalue weighted by Gasteiger charge is 2.10. The van der Waals surface area contributed by atoms with Gasteiger partial charge in [-0.15, -0.1) is 0 Å². The predicted octanol–water partition coefficient (Wildman–Crippen LogP) is 3.47. The van der Waals surface area contributed by atoms with Crippen LogP contribution in [0.3, 0.4) is 0 Å². The van der Waals surface area contributed by atoms with Crippen LogP contribution in [0.1, 0.15) is 16.8 Å². The van der Waals surface area contributed by atoms with E-state index in [1.54, 1.807) is 7.11 Å². The van der Waals surface area contributed by atoms with Crippen molar-refractivity contribution in [1.29, 1.82) is 0 Å². The average Bonchev–Trinajstić information content (AvgIpc) is 2.84. The largest absolute Gasteiger partial charge is 0.496 e. The van der Waals surface area contributed by atoms with E-state index in [-0.39, 0.29) is 0 Å². The van der Waals surface area contributed by atoms with Crippen molar-refractivity contribution in [2.75, 3.05) is 7.11 Å². The molecule has 0 aliphatic rings. The van der Waals surface area contributed by atoms with Gasteiger partial charge < -0.3 is 9.72 Å². The number of aromatic nitrogens is 2. The molecule has 0 saturated carbocycles. The number of ether oxygens (including phenoxy) is 1. The summed E-state index contributed by atoms with van der Waals surface area (Å²) in [6.45, 7) is 2.09. The Morgan fingerprint density at radius 2 is 2.11 bits per heavy atom. The van der Waals surface area contributed by atoms with Crippen LogP contribution in [0.4, 0.5) is 0 Å². The van der Waals surface area contributed by atoms with Gasteiger partial charge in [0.1, 0.15) is 5.75 Å². The number of hydrogen-bond donors (Lipinski definition) is 1. The fraction of sp³-hybridized carbons (Fsp3) is 0.188. The molecule has 2 aromatic heterocycles. The van der Waals surface area contributed by atoms with Crippen LogP contribution in [0.25, 0.3) is 10.9 Å². The number of nitrogens with zero attached hydrogens (tertiary/aromatic N) is 1. The van der Waals surface area contributed by atoms with Crippen LogP contribution in [0.2, 0.25) is 0 Å². The van der Waals surface area contributed by atoms with Gasteiger partial charge in [-0.2, -0.15) is 0 Å². The number of aryl methyl sites for hydroxylation is 1. The van der Waals surface area contributed by atoms with Gasteiger partial charge in [-0.1, -0.05) is 6.07 Å². The van der Waals surface area contributed by atoms with Crippen LogP contribution in [0.5, 0.6) is 5.75 Å². The zero-order chi connectivity index (χ0) is 13.2. The molecule has 0 aliphatic heterocycles. The van der Waals surface area contributed by atoms with Crippen LogP contribution in [0.15, 0.2) is 42.7 Å². The van der Waals surface area contributed by atoms with Crippen molar-refractivity contribution in [3.63, 3.8) is 0 Å². The number of methoxy groups -OCH3 is 1. The minimum atomic E-state index is 0.828. The van der Waals surface area contributed by atoms with Gasteiger partial charge in [0.05, 0.1) is 7.11 Å². The topological polar surface area (TPSA) is 37.9 Å². The summed E-state index contributed by atoms with van der Waals surface area (Å²) in [6, 6.07) is 10.1. The Balaban J connectivity index is 2.09. The number of aromatic amines is 1. The molecular formula is C16H16N2O. The third-order valence-electron chi connectivity index (χ3n) is 3.46. The van der Waals surface area contributed by atoms with Gasteiger partial charge in [-0.25, -0.2) is 0 Å². The molecule has 0 bridgehead atoms. The molecule has 0 radical (unpaired) electrons. The maximum Gasteiger partial charge on any atom is 0.122 e. The number of benzene rings is 1. The number of hydrogen-bond acceptors (Lipinski definition) is 2. The van der Waals surface area contributed by atoms with Gasteiger partial charge in [0.15, 0.2) is 0 Å². The van der Waals surface area contributed by atoms with E-state index in [0.717, 1.165) is 23.4 Å². The quantitative estimate of drug-likeness (QED) is 0.775. The summed E-state index contributed by atoms with van der Waals surface area (Å²) in [5, 5.41) is 1.24. The lowest BCUT2D eigenvalue weighted by Gasteiger charge is -2.07. The molecule has 3 aromatic rings. The number of fused-ring (bicyclic) bond motifs is 1. The SMILES string of the molecule is COc1ccc2[nH]cc(Cc3ccccn3)c2c1C. The number of nitrogens with one attached hydrogen (secondary N) is 1. The first-order valence-electron chi connectivity index (χ1n) is 6.33. The van der Waals surface area contributed by atoms with E-state index in [9.17, 15) is 0 Å². The first kappa shape index (κ1) is 11.8. The Hall–Kier alpha value is -2.29. The summed E-state index contributed by atoms with van der Waals surface area (Å²) in [5.74, 6) is 0.925. The Morgan fingerprint density at radius 3 is 2.84 bits per heavy atom. The maximum absolute atomic E-state index is 5.40. The number of pyridine rings is 1. The Kier molecular flexibility index (Phi) is 2.95. The van der Waals surface area contributed by atoms with Crippen molar-refractivity contribution >= 4 is 10.9 Å². The first-order chi connectivity index (χ1) is 9.29. The third kappa shape index (κ3) is 2.08. The van der Waals surface area contributed by atoms with Crippen molar-refractivity contribution in [2.45, 2.75) is 13.3 Å². The molecule has 0 atom stereocenters. The molecule has 1 N–H and O–H groups in total. The molecule has 3 heteroatoms. The van der Waals surface area contributed by atoms with Crippen LogP contribution in [-0.2, 0) is 6.42 Å².